The maximum absolute atomic E-state index is 5.50. The van der Waals surface area contributed by atoms with Crippen molar-refractivity contribution in [1.29, 1.82) is 0 Å². The molecule has 50 valence electrons. The van der Waals surface area contributed by atoms with Crippen LogP contribution in [0.3, 0.4) is 0 Å². The van der Waals surface area contributed by atoms with Crippen LogP contribution in [0.1, 0.15) is 5.56 Å². The van der Waals surface area contributed by atoms with Crippen molar-refractivity contribution in [2.45, 2.75) is 6.42 Å². The zero-order chi connectivity index (χ0) is 6.97. The van der Waals surface area contributed by atoms with Gasteiger partial charge in [0.05, 0.1) is 0 Å². The summed E-state index contributed by atoms with van der Waals surface area (Å²) in [4.78, 5) is 8.08. The smallest absolute Gasteiger partial charge is 0.157 e. The van der Waals surface area contributed by atoms with Gasteiger partial charge in [0.2, 0.25) is 0 Å². The molecule has 3 heteroatoms. The van der Waals surface area contributed by atoms with E-state index in [1.54, 1.807) is 6.20 Å². The Balaban J connectivity index is 2.54. The first kappa shape index (κ1) is 5.41. The lowest BCUT2D eigenvalue weighted by molar-refractivity contribution is 1.25. The van der Waals surface area contributed by atoms with Gasteiger partial charge in [0.1, 0.15) is 5.84 Å². The summed E-state index contributed by atoms with van der Waals surface area (Å²) in [5.74, 6) is 1.44. The molecule has 1 aromatic rings. The van der Waals surface area contributed by atoms with Crippen molar-refractivity contribution < 1.29 is 0 Å². The maximum atomic E-state index is 5.50. The Labute approximate surface area is 58.6 Å². The van der Waals surface area contributed by atoms with Gasteiger partial charge in [0.15, 0.2) is 5.82 Å². The SMILES string of the molecule is NC1=Nc2ncccc2C1. The van der Waals surface area contributed by atoms with Crippen LogP contribution in [0.5, 0.6) is 0 Å². The lowest BCUT2D eigenvalue weighted by Crippen LogP contribution is -2.09. The van der Waals surface area contributed by atoms with Crippen molar-refractivity contribution in [3.05, 3.63) is 23.9 Å². The van der Waals surface area contributed by atoms with Gasteiger partial charge in [-0.25, -0.2) is 9.98 Å². The second kappa shape index (κ2) is 1.80. The number of hydrogen-bond acceptors (Lipinski definition) is 3. The minimum atomic E-state index is 0.661. The van der Waals surface area contributed by atoms with E-state index in [1.165, 1.54) is 0 Å². The fourth-order valence-electron chi connectivity index (χ4n) is 1.04. The van der Waals surface area contributed by atoms with E-state index in [2.05, 4.69) is 9.98 Å². The molecule has 2 heterocycles. The molecule has 0 fully saturated rings. The minimum absolute atomic E-state index is 0.661. The monoisotopic (exact) mass is 133 g/mol. The maximum Gasteiger partial charge on any atom is 0.157 e. The molecule has 10 heavy (non-hydrogen) atoms. The number of nitrogens with two attached hydrogens (primary N) is 1. The molecule has 2 rings (SSSR count). The van der Waals surface area contributed by atoms with Gasteiger partial charge >= 0.3 is 0 Å². The van der Waals surface area contributed by atoms with Crippen molar-refractivity contribution in [3.63, 3.8) is 0 Å². The summed E-state index contributed by atoms with van der Waals surface area (Å²) in [5.41, 5.74) is 6.62. The summed E-state index contributed by atoms with van der Waals surface area (Å²) in [6.45, 7) is 0. The molecule has 0 amide bonds. The summed E-state index contributed by atoms with van der Waals surface area (Å²) in [6.07, 6.45) is 2.48. The number of hydrogen-bond donors (Lipinski definition) is 1. The van der Waals surface area contributed by atoms with Crippen LogP contribution in [0.25, 0.3) is 0 Å². The molecule has 2 N–H and O–H groups in total. The molecule has 0 spiro atoms. The lowest BCUT2D eigenvalue weighted by atomic mass is 10.2. The second-order valence-electron chi connectivity index (χ2n) is 2.27. The summed E-state index contributed by atoms with van der Waals surface area (Å²) >= 11 is 0. The molecule has 3 nitrogen and oxygen atoms in total. The predicted octanol–water partition coefficient (Wildman–Crippen LogP) is 0.626. The Bertz CT molecular complexity index is 291. The van der Waals surface area contributed by atoms with Gasteiger partial charge in [-0.1, -0.05) is 6.07 Å². The highest BCUT2D eigenvalue weighted by Crippen LogP contribution is 2.20. The normalized spacial score (nSPS) is 14.6. The zero-order valence-corrected chi connectivity index (χ0v) is 5.41. The summed E-state index contributed by atoms with van der Waals surface area (Å²) in [6, 6.07) is 3.89. The van der Waals surface area contributed by atoms with E-state index in [1.807, 2.05) is 12.1 Å². The number of aromatic nitrogens is 1. The molecule has 0 saturated heterocycles. The van der Waals surface area contributed by atoms with Crippen LogP contribution in [-0.2, 0) is 6.42 Å². The van der Waals surface area contributed by atoms with Crippen LogP contribution in [0, 0.1) is 0 Å². The van der Waals surface area contributed by atoms with Crippen molar-refractivity contribution in [2.75, 3.05) is 0 Å². The Morgan fingerprint density at radius 1 is 1.50 bits per heavy atom. The Morgan fingerprint density at radius 2 is 2.40 bits per heavy atom. The molecule has 0 radical (unpaired) electrons. The number of fused-ring (bicyclic) bond motifs is 1. The van der Waals surface area contributed by atoms with E-state index in [4.69, 9.17) is 5.73 Å². The van der Waals surface area contributed by atoms with Gasteiger partial charge in [-0.15, -0.1) is 0 Å². The second-order valence-corrected chi connectivity index (χ2v) is 2.27. The van der Waals surface area contributed by atoms with Gasteiger partial charge in [-0.2, -0.15) is 0 Å². The fourth-order valence-corrected chi connectivity index (χ4v) is 1.04. The van der Waals surface area contributed by atoms with Crippen LogP contribution < -0.4 is 5.73 Å². The van der Waals surface area contributed by atoms with E-state index in [-0.39, 0.29) is 0 Å². The number of rotatable bonds is 0. The molecule has 1 aromatic heterocycles. The highest BCUT2D eigenvalue weighted by atomic mass is 15.0. The van der Waals surface area contributed by atoms with E-state index in [9.17, 15) is 0 Å². The molecule has 1 aliphatic rings. The van der Waals surface area contributed by atoms with Gasteiger partial charge in [0, 0.05) is 18.2 Å². The molecule has 0 unspecified atom stereocenters. The largest absolute Gasteiger partial charge is 0.387 e. The first-order valence-corrected chi connectivity index (χ1v) is 3.13. The summed E-state index contributed by atoms with van der Waals surface area (Å²) in [5, 5.41) is 0. The van der Waals surface area contributed by atoms with Crippen molar-refractivity contribution in [1.82, 2.24) is 4.98 Å². The third kappa shape index (κ3) is 0.673. The van der Waals surface area contributed by atoms with Crippen LogP contribution in [0.2, 0.25) is 0 Å². The van der Waals surface area contributed by atoms with E-state index >= 15 is 0 Å². The topological polar surface area (TPSA) is 51.3 Å². The quantitative estimate of drug-likeness (QED) is 0.564. The Hall–Kier alpha value is -1.38. The fraction of sp³-hybridized carbons (Fsp3) is 0.143. The zero-order valence-electron chi connectivity index (χ0n) is 5.41. The van der Waals surface area contributed by atoms with E-state index in [0.717, 1.165) is 17.8 Å². The predicted molar refractivity (Wildman–Crippen MR) is 39.2 cm³/mol. The third-order valence-electron chi connectivity index (χ3n) is 1.49. The molecule has 0 aliphatic carbocycles. The highest BCUT2D eigenvalue weighted by molar-refractivity contribution is 5.89. The van der Waals surface area contributed by atoms with Gasteiger partial charge in [-0.05, 0) is 6.07 Å². The molecule has 0 bridgehead atoms. The highest BCUT2D eigenvalue weighted by Gasteiger charge is 2.10. The minimum Gasteiger partial charge on any atom is -0.387 e. The van der Waals surface area contributed by atoms with Crippen LogP contribution >= 0.6 is 0 Å². The van der Waals surface area contributed by atoms with Crippen LogP contribution in [-0.4, -0.2) is 10.8 Å². The Kier molecular flexibility index (Phi) is 0.974. The molecule has 0 atom stereocenters. The Morgan fingerprint density at radius 3 is 3.20 bits per heavy atom. The third-order valence-corrected chi connectivity index (χ3v) is 1.49. The van der Waals surface area contributed by atoms with Crippen LogP contribution in [0.4, 0.5) is 5.82 Å². The van der Waals surface area contributed by atoms with Gasteiger partial charge < -0.3 is 5.73 Å². The number of amidine groups is 1. The van der Waals surface area contributed by atoms with Gasteiger partial charge in [0.25, 0.3) is 0 Å². The molecule has 1 aliphatic heterocycles. The first-order chi connectivity index (χ1) is 4.86. The summed E-state index contributed by atoms with van der Waals surface area (Å²) < 4.78 is 0. The number of pyridine rings is 1. The lowest BCUT2D eigenvalue weighted by Gasteiger charge is -1.90. The number of aliphatic imine (C=N–C) groups is 1. The van der Waals surface area contributed by atoms with Crippen molar-refractivity contribution in [2.24, 2.45) is 10.7 Å². The van der Waals surface area contributed by atoms with E-state index in [0.29, 0.717) is 5.84 Å². The average Bonchev–Trinajstić information content (AvgIpc) is 2.27. The average molecular weight is 133 g/mol. The molecular formula is C7H7N3. The van der Waals surface area contributed by atoms with Gasteiger partial charge in [-0.3, -0.25) is 0 Å². The van der Waals surface area contributed by atoms with Crippen molar-refractivity contribution >= 4 is 11.7 Å². The standard InChI is InChI=1S/C7H7N3/c8-6-4-5-2-1-3-9-7(5)10-6/h1-3H,4H2,(H2,8,9,10). The van der Waals surface area contributed by atoms with Crippen molar-refractivity contribution in [3.8, 4) is 0 Å². The first-order valence-electron chi connectivity index (χ1n) is 3.13. The molecular weight excluding hydrogens is 126 g/mol. The number of nitrogens with zero attached hydrogens (tertiary/aromatic N) is 2. The van der Waals surface area contributed by atoms with Crippen LogP contribution in [0.15, 0.2) is 23.3 Å². The molecule has 0 aromatic carbocycles. The van der Waals surface area contributed by atoms with E-state index < -0.39 is 0 Å². The molecule has 0 saturated carbocycles. The summed E-state index contributed by atoms with van der Waals surface area (Å²) in [7, 11) is 0.